The van der Waals surface area contributed by atoms with E-state index >= 15 is 0 Å². The minimum absolute atomic E-state index is 0.136. The fraction of sp³-hybridized carbons (Fsp3) is 0.389. The number of benzene rings is 1. The fourth-order valence-corrected chi connectivity index (χ4v) is 3.49. The molecule has 1 amide bonds. The summed E-state index contributed by atoms with van der Waals surface area (Å²) in [6.45, 7) is 1.51. The molecule has 5 heteroatoms. The first-order valence-electron chi connectivity index (χ1n) is 7.86. The number of rotatable bonds is 5. The second-order valence-corrected chi connectivity index (χ2v) is 6.64. The molecule has 1 aromatic carbocycles. The third kappa shape index (κ3) is 4.05. The van der Waals surface area contributed by atoms with Gasteiger partial charge < -0.3 is 14.4 Å². The standard InChI is InChI=1S/C18H21NO3S/c1-21-16-6-2-3-7-17(16)22-14-8-10-19(11-9-14)18(20)13-15-5-4-12-23-15/h2-7,12,14H,8-11,13H2,1H3. The van der Waals surface area contributed by atoms with Gasteiger partial charge in [0.05, 0.1) is 13.5 Å². The number of hydrogen-bond donors (Lipinski definition) is 0. The maximum atomic E-state index is 12.3. The second-order valence-electron chi connectivity index (χ2n) is 5.60. The van der Waals surface area contributed by atoms with Crippen LogP contribution in [0.15, 0.2) is 41.8 Å². The van der Waals surface area contributed by atoms with Crippen molar-refractivity contribution in [2.75, 3.05) is 20.2 Å². The van der Waals surface area contributed by atoms with Gasteiger partial charge in [-0.3, -0.25) is 4.79 Å². The highest BCUT2D eigenvalue weighted by Crippen LogP contribution is 2.29. The minimum Gasteiger partial charge on any atom is -0.493 e. The van der Waals surface area contributed by atoms with Crippen molar-refractivity contribution in [2.24, 2.45) is 0 Å². The lowest BCUT2D eigenvalue weighted by Crippen LogP contribution is -2.42. The van der Waals surface area contributed by atoms with Gasteiger partial charge in [-0.1, -0.05) is 18.2 Å². The van der Waals surface area contributed by atoms with E-state index in [2.05, 4.69) is 0 Å². The summed E-state index contributed by atoms with van der Waals surface area (Å²) in [6, 6.07) is 11.7. The van der Waals surface area contributed by atoms with Crippen molar-refractivity contribution in [2.45, 2.75) is 25.4 Å². The Balaban J connectivity index is 1.51. The molecule has 1 aliphatic heterocycles. The summed E-state index contributed by atoms with van der Waals surface area (Å²) in [6.07, 6.45) is 2.36. The van der Waals surface area contributed by atoms with Gasteiger partial charge in [-0.15, -0.1) is 11.3 Å². The molecule has 0 aliphatic carbocycles. The zero-order valence-electron chi connectivity index (χ0n) is 13.2. The van der Waals surface area contributed by atoms with Gasteiger partial charge in [0.2, 0.25) is 5.91 Å². The van der Waals surface area contributed by atoms with E-state index in [4.69, 9.17) is 9.47 Å². The monoisotopic (exact) mass is 331 g/mol. The lowest BCUT2D eigenvalue weighted by molar-refractivity contribution is -0.132. The second kappa shape index (κ2) is 7.51. The summed E-state index contributed by atoms with van der Waals surface area (Å²) in [7, 11) is 1.65. The number of thiophene rings is 1. The minimum atomic E-state index is 0.136. The molecule has 23 heavy (non-hydrogen) atoms. The molecule has 0 radical (unpaired) electrons. The van der Waals surface area contributed by atoms with E-state index in [9.17, 15) is 4.79 Å². The number of para-hydroxylation sites is 2. The summed E-state index contributed by atoms with van der Waals surface area (Å²) in [5.74, 6) is 1.74. The summed E-state index contributed by atoms with van der Waals surface area (Å²) in [4.78, 5) is 15.4. The van der Waals surface area contributed by atoms with Crippen LogP contribution in [0.5, 0.6) is 11.5 Å². The maximum Gasteiger partial charge on any atom is 0.227 e. The molecule has 1 fully saturated rings. The summed E-state index contributed by atoms with van der Waals surface area (Å²) >= 11 is 1.64. The molecule has 1 aliphatic rings. The van der Waals surface area contributed by atoms with Crippen LogP contribution in [0.1, 0.15) is 17.7 Å². The lowest BCUT2D eigenvalue weighted by Gasteiger charge is -2.32. The Hall–Kier alpha value is -2.01. The fourth-order valence-electron chi connectivity index (χ4n) is 2.79. The van der Waals surface area contributed by atoms with Gasteiger partial charge in [0.15, 0.2) is 11.5 Å². The average molecular weight is 331 g/mol. The number of amides is 1. The predicted molar refractivity (Wildman–Crippen MR) is 91.2 cm³/mol. The third-order valence-corrected chi connectivity index (χ3v) is 4.94. The number of ether oxygens (including phenoxy) is 2. The molecule has 0 bridgehead atoms. The summed E-state index contributed by atoms with van der Waals surface area (Å²) in [5.41, 5.74) is 0. The van der Waals surface area contributed by atoms with E-state index in [0.717, 1.165) is 42.3 Å². The Kier molecular flexibility index (Phi) is 5.18. The Morgan fingerprint density at radius 2 is 1.91 bits per heavy atom. The molecule has 0 spiro atoms. The van der Waals surface area contributed by atoms with Crippen molar-refractivity contribution in [3.63, 3.8) is 0 Å². The molecule has 4 nitrogen and oxygen atoms in total. The Labute approximate surface area is 140 Å². The molecule has 0 unspecified atom stereocenters. The number of methoxy groups -OCH3 is 1. The normalized spacial score (nSPS) is 15.4. The SMILES string of the molecule is COc1ccccc1OC1CCN(C(=O)Cc2cccs2)CC1. The Morgan fingerprint density at radius 3 is 2.57 bits per heavy atom. The van der Waals surface area contributed by atoms with Crippen LogP contribution in [0, 0.1) is 0 Å². The molecule has 1 saturated heterocycles. The van der Waals surface area contributed by atoms with Crippen LogP contribution >= 0.6 is 11.3 Å². The highest BCUT2D eigenvalue weighted by Gasteiger charge is 2.24. The van der Waals surface area contributed by atoms with Crippen molar-refractivity contribution < 1.29 is 14.3 Å². The van der Waals surface area contributed by atoms with Crippen molar-refractivity contribution in [3.8, 4) is 11.5 Å². The number of piperidine rings is 1. The molecule has 1 aromatic heterocycles. The molecule has 122 valence electrons. The Morgan fingerprint density at radius 1 is 1.17 bits per heavy atom. The van der Waals surface area contributed by atoms with E-state index < -0.39 is 0 Å². The first kappa shape index (κ1) is 15.9. The molecule has 2 heterocycles. The van der Waals surface area contributed by atoms with Gasteiger partial charge in [-0.25, -0.2) is 0 Å². The van der Waals surface area contributed by atoms with E-state index in [1.165, 1.54) is 0 Å². The zero-order chi connectivity index (χ0) is 16.1. The van der Waals surface area contributed by atoms with Crippen molar-refractivity contribution in [1.29, 1.82) is 0 Å². The highest BCUT2D eigenvalue weighted by molar-refractivity contribution is 7.10. The van der Waals surface area contributed by atoms with Crippen LogP contribution < -0.4 is 9.47 Å². The summed E-state index contributed by atoms with van der Waals surface area (Å²) in [5, 5.41) is 2.01. The van der Waals surface area contributed by atoms with E-state index in [0.29, 0.717) is 6.42 Å². The zero-order valence-corrected chi connectivity index (χ0v) is 14.1. The lowest BCUT2D eigenvalue weighted by atomic mass is 10.1. The number of likely N-dealkylation sites (tertiary alicyclic amines) is 1. The molecule has 0 N–H and O–H groups in total. The van der Waals surface area contributed by atoms with Gasteiger partial charge in [-0.05, 0) is 23.6 Å². The van der Waals surface area contributed by atoms with Crippen LogP contribution in [0.2, 0.25) is 0 Å². The van der Waals surface area contributed by atoms with Crippen molar-refractivity contribution in [3.05, 3.63) is 46.7 Å². The van der Waals surface area contributed by atoms with Gasteiger partial charge >= 0.3 is 0 Å². The van der Waals surface area contributed by atoms with Gasteiger partial charge in [0.25, 0.3) is 0 Å². The van der Waals surface area contributed by atoms with Gasteiger partial charge in [0, 0.05) is 30.8 Å². The van der Waals surface area contributed by atoms with Gasteiger partial charge in [0.1, 0.15) is 6.10 Å². The van der Waals surface area contributed by atoms with Crippen molar-refractivity contribution in [1.82, 2.24) is 4.90 Å². The number of carbonyl (C=O) groups excluding carboxylic acids is 1. The van der Waals surface area contributed by atoms with Crippen LogP contribution in [-0.4, -0.2) is 37.1 Å². The Bertz CT molecular complexity index is 633. The molecular weight excluding hydrogens is 310 g/mol. The number of nitrogens with zero attached hydrogens (tertiary/aromatic N) is 1. The van der Waals surface area contributed by atoms with E-state index in [1.807, 2.05) is 46.7 Å². The van der Waals surface area contributed by atoms with Gasteiger partial charge in [-0.2, -0.15) is 0 Å². The van der Waals surface area contributed by atoms with E-state index in [1.54, 1.807) is 18.4 Å². The quantitative estimate of drug-likeness (QED) is 0.843. The topological polar surface area (TPSA) is 38.8 Å². The van der Waals surface area contributed by atoms with Crippen LogP contribution in [-0.2, 0) is 11.2 Å². The summed E-state index contributed by atoms with van der Waals surface area (Å²) < 4.78 is 11.4. The molecule has 3 rings (SSSR count). The average Bonchev–Trinajstić information content (AvgIpc) is 3.09. The smallest absolute Gasteiger partial charge is 0.227 e. The highest BCUT2D eigenvalue weighted by atomic mass is 32.1. The number of hydrogen-bond acceptors (Lipinski definition) is 4. The van der Waals surface area contributed by atoms with Crippen LogP contribution in [0.3, 0.4) is 0 Å². The predicted octanol–water partition coefficient (Wildman–Crippen LogP) is 3.37. The first-order valence-corrected chi connectivity index (χ1v) is 8.74. The molecule has 0 atom stereocenters. The van der Waals surface area contributed by atoms with Crippen LogP contribution in [0.4, 0.5) is 0 Å². The number of carbonyl (C=O) groups is 1. The molecular formula is C18H21NO3S. The molecule has 2 aromatic rings. The first-order chi connectivity index (χ1) is 11.3. The molecule has 0 saturated carbocycles. The van der Waals surface area contributed by atoms with E-state index in [-0.39, 0.29) is 12.0 Å². The maximum absolute atomic E-state index is 12.3. The van der Waals surface area contributed by atoms with Crippen LogP contribution in [0.25, 0.3) is 0 Å². The van der Waals surface area contributed by atoms with Crippen molar-refractivity contribution >= 4 is 17.2 Å². The third-order valence-electron chi connectivity index (χ3n) is 4.06. The largest absolute Gasteiger partial charge is 0.493 e.